The summed E-state index contributed by atoms with van der Waals surface area (Å²) in [5.74, 6) is 0. The number of aromatic nitrogens is 2. The maximum atomic E-state index is 12.5. The van der Waals surface area contributed by atoms with E-state index in [9.17, 15) is 13.2 Å². The molecule has 16 heavy (non-hydrogen) atoms. The highest BCUT2D eigenvalue weighted by Crippen LogP contribution is 2.40. The van der Waals surface area contributed by atoms with Crippen LogP contribution in [0.25, 0.3) is 0 Å². The van der Waals surface area contributed by atoms with E-state index in [4.69, 9.17) is 5.73 Å². The van der Waals surface area contributed by atoms with E-state index in [2.05, 4.69) is 5.10 Å². The van der Waals surface area contributed by atoms with Crippen LogP contribution in [0, 0.1) is 0 Å². The number of nitrogens with zero attached hydrogens (tertiary/aromatic N) is 2. The largest absolute Gasteiger partial charge is 0.433 e. The van der Waals surface area contributed by atoms with Gasteiger partial charge in [0.25, 0.3) is 0 Å². The molecule has 0 amide bonds. The lowest BCUT2D eigenvalue weighted by molar-refractivity contribution is -0.144. The highest BCUT2D eigenvalue weighted by Gasteiger charge is 2.39. The average molecular weight is 278 g/mol. The molecule has 94 valence electrons. The van der Waals surface area contributed by atoms with Gasteiger partial charge >= 0.3 is 6.18 Å². The van der Waals surface area contributed by atoms with Crippen molar-refractivity contribution in [2.45, 2.75) is 31.6 Å². The maximum absolute atomic E-state index is 12.5. The lowest BCUT2D eigenvalue weighted by atomic mass is 10.3. The Hall–Kier alpha value is -0.460. The van der Waals surface area contributed by atoms with Crippen LogP contribution in [0.4, 0.5) is 13.2 Å². The highest BCUT2D eigenvalue weighted by molar-refractivity contribution is 5.85. The van der Waals surface area contributed by atoms with Crippen molar-refractivity contribution < 1.29 is 13.2 Å². The Morgan fingerprint density at radius 2 is 1.94 bits per heavy atom. The number of hydrogen-bond donors (Lipinski definition) is 1. The van der Waals surface area contributed by atoms with Gasteiger partial charge in [-0.3, -0.25) is 4.68 Å². The zero-order valence-corrected chi connectivity index (χ0v) is 9.83. The van der Waals surface area contributed by atoms with E-state index in [-0.39, 0.29) is 37.4 Å². The average Bonchev–Trinajstić information content (AvgIpc) is 2.83. The molecule has 1 aliphatic rings. The summed E-state index contributed by atoms with van der Waals surface area (Å²) in [6.45, 7) is 0.0444. The van der Waals surface area contributed by atoms with Gasteiger partial charge in [0.2, 0.25) is 0 Å². The minimum atomic E-state index is -4.33. The zero-order chi connectivity index (χ0) is 10.3. The van der Waals surface area contributed by atoms with Gasteiger partial charge in [-0.15, -0.1) is 24.8 Å². The maximum Gasteiger partial charge on any atom is 0.433 e. The van der Waals surface area contributed by atoms with Crippen molar-refractivity contribution in [2.24, 2.45) is 5.73 Å². The molecule has 1 aromatic rings. The summed E-state index contributed by atoms with van der Waals surface area (Å²) in [6, 6.07) is 0.949. The zero-order valence-electron chi connectivity index (χ0n) is 8.20. The van der Waals surface area contributed by atoms with E-state index < -0.39 is 11.9 Å². The van der Waals surface area contributed by atoms with Crippen LogP contribution < -0.4 is 5.73 Å². The van der Waals surface area contributed by atoms with Crippen molar-refractivity contribution in [1.29, 1.82) is 0 Å². The van der Waals surface area contributed by atoms with E-state index in [1.165, 1.54) is 0 Å². The van der Waals surface area contributed by atoms with E-state index in [1.807, 2.05) is 0 Å². The smallest absolute Gasteiger partial charge is 0.325 e. The van der Waals surface area contributed by atoms with Crippen molar-refractivity contribution in [3.8, 4) is 0 Å². The second-order valence-corrected chi connectivity index (χ2v) is 3.40. The molecule has 0 radical (unpaired) electrons. The first-order chi connectivity index (χ1) is 6.52. The Bertz CT molecular complexity index is 347. The molecule has 0 unspecified atom stereocenters. The normalized spacial score (nSPS) is 15.2. The van der Waals surface area contributed by atoms with Crippen LogP contribution in [-0.2, 0) is 12.7 Å². The first kappa shape index (κ1) is 15.5. The predicted octanol–water partition coefficient (Wildman–Crippen LogP) is 2.54. The quantitative estimate of drug-likeness (QED) is 0.903. The SMILES string of the molecule is Cl.Cl.NCc1cc(C(F)(F)F)n(C2CC2)n1. The van der Waals surface area contributed by atoms with Crippen LogP contribution in [0.3, 0.4) is 0 Å². The number of rotatable bonds is 2. The molecule has 0 saturated heterocycles. The standard InChI is InChI=1S/C8H10F3N3.2ClH/c9-8(10,11)7-3-5(4-12)13-14(7)6-1-2-6;;/h3,6H,1-2,4,12H2;2*1H. The number of halogens is 5. The lowest BCUT2D eigenvalue weighted by Gasteiger charge is -2.08. The molecule has 0 atom stereocenters. The third kappa shape index (κ3) is 3.02. The molecule has 0 spiro atoms. The number of alkyl halides is 3. The van der Waals surface area contributed by atoms with Gasteiger partial charge in [-0.05, 0) is 18.9 Å². The van der Waals surface area contributed by atoms with Gasteiger partial charge in [0.15, 0.2) is 0 Å². The van der Waals surface area contributed by atoms with Crippen molar-refractivity contribution >= 4 is 24.8 Å². The van der Waals surface area contributed by atoms with Gasteiger partial charge < -0.3 is 5.73 Å². The van der Waals surface area contributed by atoms with Crippen molar-refractivity contribution in [2.75, 3.05) is 0 Å². The fraction of sp³-hybridized carbons (Fsp3) is 0.625. The van der Waals surface area contributed by atoms with E-state index in [0.717, 1.165) is 23.6 Å². The van der Waals surface area contributed by atoms with Gasteiger partial charge in [-0.1, -0.05) is 0 Å². The molecule has 8 heteroatoms. The molecule has 1 saturated carbocycles. The summed E-state index contributed by atoms with van der Waals surface area (Å²) in [5, 5.41) is 3.83. The highest BCUT2D eigenvalue weighted by atomic mass is 35.5. The van der Waals surface area contributed by atoms with Crippen LogP contribution in [0.1, 0.15) is 30.3 Å². The van der Waals surface area contributed by atoms with E-state index in [1.54, 1.807) is 0 Å². The fourth-order valence-electron chi connectivity index (χ4n) is 1.35. The monoisotopic (exact) mass is 277 g/mol. The third-order valence-electron chi connectivity index (χ3n) is 2.18. The summed E-state index contributed by atoms with van der Waals surface area (Å²) in [7, 11) is 0. The molecule has 0 aromatic carbocycles. The molecule has 1 aliphatic carbocycles. The van der Waals surface area contributed by atoms with E-state index in [0.29, 0.717) is 5.69 Å². The van der Waals surface area contributed by atoms with Gasteiger partial charge in [-0.2, -0.15) is 18.3 Å². The van der Waals surface area contributed by atoms with Gasteiger partial charge in [-0.25, -0.2) is 0 Å². The molecule has 1 fully saturated rings. The minimum absolute atomic E-state index is 0. The minimum Gasteiger partial charge on any atom is -0.325 e. The molecular weight excluding hydrogens is 266 g/mol. The Morgan fingerprint density at radius 3 is 2.31 bits per heavy atom. The molecule has 0 bridgehead atoms. The van der Waals surface area contributed by atoms with Crippen LogP contribution in [0.5, 0.6) is 0 Å². The Balaban J connectivity index is 0.00000112. The van der Waals surface area contributed by atoms with Crippen molar-refractivity contribution in [1.82, 2.24) is 9.78 Å². The van der Waals surface area contributed by atoms with Crippen LogP contribution in [-0.4, -0.2) is 9.78 Å². The molecule has 2 N–H and O–H groups in total. The second kappa shape index (κ2) is 5.25. The topological polar surface area (TPSA) is 43.8 Å². The van der Waals surface area contributed by atoms with Crippen LogP contribution in [0.15, 0.2) is 6.07 Å². The lowest BCUT2D eigenvalue weighted by Crippen LogP contribution is -2.13. The van der Waals surface area contributed by atoms with Crippen molar-refractivity contribution in [3.63, 3.8) is 0 Å². The third-order valence-corrected chi connectivity index (χ3v) is 2.18. The summed E-state index contributed by atoms with van der Waals surface area (Å²) in [6.07, 6.45) is -2.79. The summed E-state index contributed by atoms with van der Waals surface area (Å²) in [4.78, 5) is 0. The van der Waals surface area contributed by atoms with Gasteiger partial charge in [0.05, 0.1) is 11.7 Å². The Labute approximate surface area is 103 Å². The Kier molecular flexibility index (Phi) is 5.10. The number of nitrogens with two attached hydrogens (primary N) is 1. The predicted molar refractivity (Wildman–Crippen MR) is 57.9 cm³/mol. The van der Waals surface area contributed by atoms with Crippen LogP contribution >= 0.6 is 24.8 Å². The van der Waals surface area contributed by atoms with Crippen LogP contribution in [0.2, 0.25) is 0 Å². The first-order valence-corrected chi connectivity index (χ1v) is 4.38. The second-order valence-electron chi connectivity index (χ2n) is 3.40. The summed E-state index contributed by atoms with van der Waals surface area (Å²) >= 11 is 0. The van der Waals surface area contributed by atoms with Gasteiger partial charge in [0.1, 0.15) is 5.69 Å². The molecule has 2 rings (SSSR count). The molecule has 1 aromatic heterocycles. The Morgan fingerprint density at radius 1 is 1.38 bits per heavy atom. The molecule has 0 aliphatic heterocycles. The molecule has 3 nitrogen and oxygen atoms in total. The van der Waals surface area contributed by atoms with Crippen molar-refractivity contribution in [3.05, 3.63) is 17.5 Å². The summed E-state index contributed by atoms with van der Waals surface area (Å²) in [5.41, 5.74) is 4.87. The molecule has 1 heterocycles. The molecular formula is C8H12Cl2F3N3. The summed E-state index contributed by atoms with van der Waals surface area (Å²) < 4.78 is 38.5. The van der Waals surface area contributed by atoms with E-state index >= 15 is 0 Å². The first-order valence-electron chi connectivity index (χ1n) is 4.38. The number of hydrogen-bond acceptors (Lipinski definition) is 2. The fourth-order valence-corrected chi connectivity index (χ4v) is 1.35. The van der Waals surface area contributed by atoms with Gasteiger partial charge in [0, 0.05) is 6.54 Å².